The van der Waals surface area contributed by atoms with Crippen molar-refractivity contribution in [3.63, 3.8) is 0 Å². The van der Waals surface area contributed by atoms with Gasteiger partial charge in [-0.15, -0.1) is 0 Å². The summed E-state index contributed by atoms with van der Waals surface area (Å²) in [5.74, 6) is 1.28. The summed E-state index contributed by atoms with van der Waals surface area (Å²) in [6, 6.07) is 2.15. The van der Waals surface area contributed by atoms with Crippen molar-refractivity contribution in [1.29, 1.82) is 0 Å². The predicted octanol–water partition coefficient (Wildman–Crippen LogP) is 2.66. The lowest BCUT2D eigenvalue weighted by Gasteiger charge is -2.25. The lowest BCUT2D eigenvalue weighted by Crippen LogP contribution is -2.31. The standard InChI is InChI=1S/C15H25N3S/c1-14-13-16-6-5-15(14)18-9-3-7-17(10-11-18)8-4-12-19-2/h5-6,13H,3-4,7-12H2,1-2H3. The van der Waals surface area contributed by atoms with Gasteiger partial charge in [0.1, 0.15) is 0 Å². The second kappa shape index (κ2) is 7.75. The Balaban J connectivity index is 1.88. The van der Waals surface area contributed by atoms with Crippen LogP contribution in [0.4, 0.5) is 5.69 Å². The minimum absolute atomic E-state index is 1.14. The number of hydrogen-bond donors (Lipinski definition) is 0. The van der Waals surface area contributed by atoms with Crippen LogP contribution in [0.25, 0.3) is 0 Å². The summed E-state index contributed by atoms with van der Waals surface area (Å²) in [6.45, 7) is 8.16. The maximum absolute atomic E-state index is 4.19. The van der Waals surface area contributed by atoms with Gasteiger partial charge in [0.15, 0.2) is 0 Å². The molecule has 0 spiro atoms. The number of aryl methyl sites for hydroxylation is 1. The van der Waals surface area contributed by atoms with Gasteiger partial charge in [-0.3, -0.25) is 4.98 Å². The first-order valence-corrected chi connectivity index (χ1v) is 8.57. The number of anilines is 1. The Labute approximate surface area is 121 Å². The fourth-order valence-electron chi connectivity index (χ4n) is 2.69. The zero-order chi connectivity index (χ0) is 13.5. The van der Waals surface area contributed by atoms with Crippen LogP contribution in [-0.4, -0.2) is 54.6 Å². The highest BCUT2D eigenvalue weighted by molar-refractivity contribution is 7.98. The van der Waals surface area contributed by atoms with E-state index in [1.165, 1.54) is 56.0 Å². The van der Waals surface area contributed by atoms with E-state index in [4.69, 9.17) is 0 Å². The van der Waals surface area contributed by atoms with Crippen LogP contribution < -0.4 is 4.90 Å². The zero-order valence-corrected chi connectivity index (χ0v) is 13.0. The Morgan fingerprint density at radius 1 is 1.26 bits per heavy atom. The first-order valence-electron chi connectivity index (χ1n) is 7.18. The highest BCUT2D eigenvalue weighted by Crippen LogP contribution is 2.20. The van der Waals surface area contributed by atoms with Crippen molar-refractivity contribution in [2.24, 2.45) is 0 Å². The Hall–Kier alpha value is -0.740. The molecule has 1 aliphatic heterocycles. The fourth-order valence-corrected chi connectivity index (χ4v) is 3.11. The molecule has 19 heavy (non-hydrogen) atoms. The number of rotatable bonds is 5. The zero-order valence-electron chi connectivity index (χ0n) is 12.1. The van der Waals surface area contributed by atoms with E-state index < -0.39 is 0 Å². The van der Waals surface area contributed by atoms with Crippen LogP contribution in [0.15, 0.2) is 18.5 Å². The first kappa shape index (κ1) is 14.7. The van der Waals surface area contributed by atoms with Gasteiger partial charge in [0.2, 0.25) is 0 Å². The Morgan fingerprint density at radius 2 is 2.16 bits per heavy atom. The molecule has 1 saturated heterocycles. The number of nitrogens with zero attached hydrogens (tertiary/aromatic N) is 3. The van der Waals surface area contributed by atoms with E-state index in [1.807, 2.05) is 24.2 Å². The molecule has 4 heteroatoms. The van der Waals surface area contributed by atoms with Crippen molar-refractivity contribution in [2.45, 2.75) is 19.8 Å². The van der Waals surface area contributed by atoms with Crippen LogP contribution in [0.3, 0.4) is 0 Å². The monoisotopic (exact) mass is 279 g/mol. The predicted molar refractivity (Wildman–Crippen MR) is 85.2 cm³/mol. The third kappa shape index (κ3) is 4.39. The third-order valence-corrected chi connectivity index (χ3v) is 4.44. The maximum Gasteiger partial charge on any atom is 0.0427 e. The molecule has 0 saturated carbocycles. The van der Waals surface area contributed by atoms with Gasteiger partial charge in [-0.1, -0.05) is 0 Å². The summed E-state index contributed by atoms with van der Waals surface area (Å²) < 4.78 is 0. The van der Waals surface area contributed by atoms with Crippen LogP contribution in [0.5, 0.6) is 0 Å². The molecule has 0 bridgehead atoms. The molecule has 0 N–H and O–H groups in total. The molecule has 106 valence electrons. The molecular formula is C15H25N3S. The van der Waals surface area contributed by atoms with E-state index in [1.54, 1.807) is 0 Å². The van der Waals surface area contributed by atoms with E-state index in [-0.39, 0.29) is 0 Å². The van der Waals surface area contributed by atoms with Gasteiger partial charge < -0.3 is 9.80 Å². The lowest BCUT2D eigenvalue weighted by molar-refractivity contribution is 0.295. The summed E-state index contributed by atoms with van der Waals surface area (Å²) in [5, 5.41) is 0. The number of hydrogen-bond acceptors (Lipinski definition) is 4. The highest BCUT2D eigenvalue weighted by Gasteiger charge is 2.15. The van der Waals surface area contributed by atoms with Crippen molar-refractivity contribution in [3.05, 3.63) is 24.0 Å². The van der Waals surface area contributed by atoms with Crippen molar-refractivity contribution >= 4 is 17.4 Å². The Bertz CT molecular complexity index is 383. The summed E-state index contributed by atoms with van der Waals surface area (Å²) in [4.78, 5) is 9.33. The summed E-state index contributed by atoms with van der Waals surface area (Å²) in [6.07, 6.45) is 8.65. The van der Waals surface area contributed by atoms with Gasteiger partial charge in [-0.2, -0.15) is 11.8 Å². The van der Waals surface area contributed by atoms with Crippen molar-refractivity contribution in [1.82, 2.24) is 9.88 Å². The number of pyridine rings is 1. The molecule has 1 aliphatic rings. The second-order valence-electron chi connectivity index (χ2n) is 5.19. The number of aromatic nitrogens is 1. The number of thioether (sulfide) groups is 1. The van der Waals surface area contributed by atoms with E-state index in [9.17, 15) is 0 Å². The Kier molecular flexibility index (Phi) is 5.98. The molecule has 0 aromatic carbocycles. The SMILES string of the molecule is CSCCCN1CCCN(c2ccncc2C)CC1. The molecule has 0 atom stereocenters. The molecule has 0 radical (unpaired) electrons. The Morgan fingerprint density at radius 3 is 2.95 bits per heavy atom. The molecule has 0 unspecified atom stereocenters. The fraction of sp³-hybridized carbons (Fsp3) is 0.667. The highest BCUT2D eigenvalue weighted by atomic mass is 32.2. The summed E-state index contributed by atoms with van der Waals surface area (Å²) in [7, 11) is 0. The van der Waals surface area contributed by atoms with Crippen LogP contribution >= 0.6 is 11.8 Å². The topological polar surface area (TPSA) is 19.4 Å². The van der Waals surface area contributed by atoms with Crippen LogP contribution in [0, 0.1) is 6.92 Å². The van der Waals surface area contributed by atoms with E-state index in [0.29, 0.717) is 0 Å². The van der Waals surface area contributed by atoms with Gasteiger partial charge in [0.05, 0.1) is 0 Å². The van der Waals surface area contributed by atoms with E-state index >= 15 is 0 Å². The van der Waals surface area contributed by atoms with Gasteiger partial charge in [0, 0.05) is 37.7 Å². The smallest absolute Gasteiger partial charge is 0.0427 e. The van der Waals surface area contributed by atoms with E-state index in [0.717, 1.165) is 6.54 Å². The molecular weight excluding hydrogens is 254 g/mol. The first-order chi connectivity index (χ1) is 9.31. The summed E-state index contributed by atoms with van der Waals surface area (Å²) in [5.41, 5.74) is 2.65. The largest absolute Gasteiger partial charge is 0.370 e. The average molecular weight is 279 g/mol. The van der Waals surface area contributed by atoms with Crippen LogP contribution in [0.2, 0.25) is 0 Å². The van der Waals surface area contributed by atoms with Gasteiger partial charge in [-0.05, 0) is 56.5 Å². The molecule has 1 aromatic rings. The lowest BCUT2D eigenvalue weighted by atomic mass is 10.2. The second-order valence-corrected chi connectivity index (χ2v) is 6.18. The normalized spacial score (nSPS) is 17.5. The van der Waals surface area contributed by atoms with Crippen LogP contribution in [0.1, 0.15) is 18.4 Å². The van der Waals surface area contributed by atoms with Gasteiger partial charge in [-0.25, -0.2) is 0 Å². The van der Waals surface area contributed by atoms with E-state index in [2.05, 4.69) is 34.0 Å². The molecule has 1 aromatic heterocycles. The molecule has 0 amide bonds. The van der Waals surface area contributed by atoms with Gasteiger partial charge >= 0.3 is 0 Å². The van der Waals surface area contributed by atoms with Crippen molar-refractivity contribution in [3.8, 4) is 0 Å². The quantitative estimate of drug-likeness (QED) is 0.772. The van der Waals surface area contributed by atoms with Gasteiger partial charge in [0.25, 0.3) is 0 Å². The average Bonchev–Trinajstić information content (AvgIpc) is 2.65. The molecule has 2 heterocycles. The minimum Gasteiger partial charge on any atom is -0.370 e. The molecule has 1 fully saturated rings. The minimum atomic E-state index is 1.14. The third-order valence-electron chi connectivity index (χ3n) is 3.74. The summed E-state index contributed by atoms with van der Waals surface area (Å²) >= 11 is 1.95. The maximum atomic E-state index is 4.19. The van der Waals surface area contributed by atoms with Crippen molar-refractivity contribution < 1.29 is 0 Å². The van der Waals surface area contributed by atoms with Crippen LogP contribution in [-0.2, 0) is 0 Å². The van der Waals surface area contributed by atoms with Crippen molar-refractivity contribution in [2.75, 3.05) is 49.6 Å². The molecule has 2 rings (SSSR count). The molecule has 3 nitrogen and oxygen atoms in total. The molecule has 0 aliphatic carbocycles.